The minimum Gasteiger partial charge on any atom is -0.478 e. The lowest BCUT2D eigenvalue weighted by Gasteiger charge is -2.09. The van der Waals surface area contributed by atoms with Crippen LogP contribution >= 0.6 is 15.9 Å². The molecule has 21 heavy (non-hydrogen) atoms. The molecule has 0 spiro atoms. The molecule has 6 heteroatoms. The van der Waals surface area contributed by atoms with Gasteiger partial charge in [-0.1, -0.05) is 15.9 Å². The van der Waals surface area contributed by atoms with E-state index in [0.717, 1.165) is 22.7 Å². The summed E-state index contributed by atoms with van der Waals surface area (Å²) < 4.78 is 32.2. The first kappa shape index (κ1) is 15.2. The van der Waals surface area contributed by atoms with Crippen LogP contribution in [0.15, 0.2) is 46.9 Å². The van der Waals surface area contributed by atoms with Crippen LogP contribution in [0.25, 0.3) is 6.08 Å². The lowest BCUT2D eigenvalue weighted by molar-refractivity contribution is -0.131. The fourth-order valence-corrected chi connectivity index (χ4v) is 1.95. The van der Waals surface area contributed by atoms with Gasteiger partial charge in [0.1, 0.15) is 11.5 Å². The van der Waals surface area contributed by atoms with Crippen molar-refractivity contribution in [3.05, 3.63) is 64.1 Å². The van der Waals surface area contributed by atoms with Gasteiger partial charge >= 0.3 is 5.97 Å². The molecule has 0 saturated carbocycles. The zero-order valence-corrected chi connectivity index (χ0v) is 12.1. The van der Waals surface area contributed by atoms with Crippen molar-refractivity contribution in [2.45, 2.75) is 0 Å². The summed E-state index contributed by atoms with van der Waals surface area (Å²) in [4.78, 5) is 10.6. The van der Waals surface area contributed by atoms with Gasteiger partial charge in [0, 0.05) is 22.2 Å². The van der Waals surface area contributed by atoms with Crippen molar-refractivity contribution in [1.82, 2.24) is 0 Å². The Morgan fingerprint density at radius 1 is 1.14 bits per heavy atom. The van der Waals surface area contributed by atoms with E-state index in [9.17, 15) is 13.6 Å². The van der Waals surface area contributed by atoms with E-state index in [0.29, 0.717) is 11.3 Å². The summed E-state index contributed by atoms with van der Waals surface area (Å²) in [6, 6.07) is 8.08. The standard InChI is InChI=1S/C15H9BrF2O3/c16-10-2-5-14(9(7-10)1-6-15(19)20)21-11-3-4-12(17)13(18)8-11/h1-8H,(H,19,20)/b6-1+. The molecule has 0 amide bonds. The van der Waals surface area contributed by atoms with Gasteiger partial charge in [-0.25, -0.2) is 13.6 Å². The zero-order chi connectivity index (χ0) is 15.4. The van der Waals surface area contributed by atoms with E-state index < -0.39 is 17.6 Å². The van der Waals surface area contributed by atoms with Crippen molar-refractivity contribution < 1.29 is 23.4 Å². The third kappa shape index (κ3) is 4.13. The Labute approximate surface area is 127 Å². The maximum absolute atomic E-state index is 13.1. The summed E-state index contributed by atoms with van der Waals surface area (Å²) in [5.74, 6) is -2.66. The van der Waals surface area contributed by atoms with Crippen molar-refractivity contribution in [1.29, 1.82) is 0 Å². The number of carboxylic acid groups (broad SMARTS) is 1. The van der Waals surface area contributed by atoms with E-state index in [1.54, 1.807) is 18.2 Å². The summed E-state index contributed by atoms with van der Waals surface area (Å²) in [6.07, 6.45) is 2.31. The molecule has 2 rings (SSSR count). The van der Waals surface area contributed by atoms with Crippen LogP contribution in [0.2, 0.25) is 0 Å². The minimum absolute atomic E-state index is 0.112. The third-order valence-electron chi connectivity index (χ3n) is 2.50. The molecule has 0 aliphatic carbocycles. The molecule has 0 radical (unpaired) electrons. The Kier molecular flexibility index (Phi) is 4.70. The second-order valence-corrected chi connectivity index (χ2v) is 4.95. The topological polar surface area (TPSA) is 46.5 Å². The van der Waals surface area contributed by atoms with E-state index in [1.807, 2.05) is 0 Å². The van der Waals surface area contributed by atoms with Crippen molar-refractivity contribution in [3.8, 4) is 11.5 Å². The van der Waals surface area contributed by atoms with Gasteiger partial charge in [-0.05, 0) is 36.4 Å². The van der Waals surface area contributed by atoms with E-state index in [2.05, 4.69) is 15.9 Å². The average Bonchev–Trinajstić information content (AvgIpc) is 2.43. The van der Waals surface area contributed by atoms with Crippen molar-refractivity contribution in [2.24, 2.45) is 0 Å². The number of carbonyl (C=O) groups is 1. The Bertz CT molecular complexity index is 714. The normalized spacial score (nSPS) is 10.8. The molecule has 3 nitrogen and oxygen atoms in total. The van der Waals surface area contributed by atoms with Crippen LogP contribution < -0.4 is 4.74 Å². The molecule has 0 aliphatic rings. The maximum Gasteiger partial charge on any atom is 0.328 e. The lowest BCUT2D eigenvalue weighted by Crippen LogP contribution is -1.91. The molecule has 1 N–H and O–H groups in total. The predicted octanol–water partition coefficient (Wildman–Crippen LogP) is 4.62. The SMILES string of the molecule is O=C(O)/C=C/c1cc(Br)ccc1Oc1ccc(F)c(F)c1. The number of aliphatic carboxylic acids is 1. The number of rotatable bonds is 4. The van der Waals surface area contributed by atoms with Crippen LogP contribution in [-0.4, -0.2) is 11.1 Å². The molecule has 0 aromatic heterocycles. The minimum atomic E-state index is -1.10. The molecule has 108 valence electrons. The Hall–Kier alpha value is -2.21. The summed E-state index contributed by atoms with van der Waals surface area (Å²) >= 11 is 3.26. The second-order valence-electron chi connectivity index (χ2n) is 4.03. The quantitative estimate of drug-likeness (QED) is 0.815. The fourth-order valence-electron chi connectivity index (χ4n) is 1.57. The molecule has 0 fully saturated rings. The van der Waals surface area contributed by atoms with Crippen LogP contribution in [-0.2, 0) is 4.79 Å². The van der Waals surface area contributed by atoms with Gasteiger partial charge in [0.05, 0.1) is 0 Å². The molecule has 0 atom stereocenters. The van der Waals surface area contributed by atoms with Crippen LogP contribution in [0.5, 0.6) is 11.5 Å². The van der Waals surface area contributed by atoms with Crippen molar-refractivity contribution in [3.63, 3.8) is 0 Å². The first-order valence-electron chi connectivity index (χ1n) is 5.79. The van der Waals surface area contributed by atoms with E-state index >= 15 is 0 Å². The number of hydrogen-bond acceptors (Lipinski definition) is 2. The Morgan fingerprint density at radius 3 is 2.57 bits per heavy atom. The van der Waals surface area contributed by atoms with Gasteiger partial charge < -0.3 is 9.84 Å². The van der Waals surface area contributed by atoms with Gasteiger partial charge in [0.2, 0.25) is 0 Å². The van der Waals surface area contributed by atoms with Crippen LogP contribution in [0.3, 0.4) is 0 Å². The second kappa shape index (κ2) is 6.49. The fraction of sp³-hybridized carbons (Fsp3) is 0. The van der Waals surface area contributed by atoms with Gasteiger partial charge in [-0.2, -0.15) is 0 Å². The Morgan fingerprint density at radius 2 is 1.90 bits per heavy atom. The summed E-state index contributed by atoms with van der Waals surface area (Å²) in [5.41, 5.74) is 0.483. The monoisotopic (exact) mass is 354 g/mol. The number of halogens is 3. The largest absolute Gasteiger partial charge is 0.478 e. The molecular weight excluding hydrogens is 346 g/mol. The summed E-state index contributed by atoms with van der Waals surface area (Å²) in [7, 11) is 0. The maximum atomic E-state index is 13.1. The van der Waals surface area contributed by atoms with Crippen LogP contribution in [0.1, 0.15) is 5.56 Å². The van der Waals surface area contributed by atoms with Crippen LogP contribution in [0.4, 0.5) is 8.78 Å². The molecule has 2 aromatic carbocycles. The van der Waals surface area contributed by atoms with E-state index in [1.165, 1.54) is 12.1 Å². The van der Waals surface area contributed by atoms with Crippen molar-refractivity contribution >= 4 is 28.0 Å². The van der Waals surface area contributed by atoms with Crippen molar-refractivity contribution in [2.75, 3.05) is 0 Å². The molecule has 0 aliphatic heterocycles. The highest BCUT2D eigenvalue weighted by atomic mass is 79.9. The average molecular weight is 355 g/mol. The number of hydrogen-bond donors (Lipinski definition) is 1. The van der Waals surface area contributed by atoms with Gasteiger partial charge in [0.15, 0.2) is 11.6 Å². The van der Waals surface area contributed by atoms with Gasteiger partial charge in [0.25, 0.3) is 0 Å². The molecule has 0 unspecified atom stereocenters. The molecule has 0 saturated heterocycles. The molecule has 0 bridgehead atoms. The van der Waals surface area contributed by atoms with Gasteiger partial charge in [-0.3, -0.25) is 0 Å². The van der Waals surface area contributed by atoms with Crippen LogP contribution in [0, 0.1) is 11.6 Å². The highest BCUT2D eigenvalue weighted by Gasteiger charge is 2.07. The zero-order valence-electron chi connectivity index (χ0n) is 10.5. The highest BCUT2D eigenvalue weighted by Crippen LogP contribution is 2.29. The Balaban J connectivity index is 2.34. The number of ether oxygens (including phenoxy) is 1. The molecule has 2 aromatic rings. The smallest absolute Gasteiger partial charge is 0.328 e. The van der Waals surface area contributed by atoms with E-state index in [-0.39, 0.29) is 5.75 Å². The highest BCUT2D eigenvalue weighted by molar-refractivity contribution is 9.10. The van der Waals surface area contributed by atoms with Gasteiger partial charge in [-0.15, -0.1) is 0 Å². The first-order valence-corrected chi connectivity index (χ1v) is 6.58. The number of benzene rings is 2. The first-order chi connectivity index (χ1) is 9.95. The molecule has 0 heterocycles. The summed E-state index contributed by atoms with van der Waals surface area (Å²) in [6.45, 7) is 0. The van der Waals surface area contributed by atoms with E-state index in [4.69, 9.17) is 9.84 Å². The number of carboxylic acids is 1. The third-order valence-corrected chi connectivity index (χ3v) is 2.99. The lowest BCUT2D eigenvalue weighted by atomic mass is 10.2. The predicted molar refractivity (Wildman–Crippen MR) is 77.2 cm³/mol. The summed E-state index contributed by atoms with van der Waals surface area (Å²) in [5, 5.41) is 8.66. The molecular formula is C15H9BrF2O3.